The molecule has 116 valence electrons. The molecule has 1 aromatic rings. The van der Waals surface area contributed by atoms with Gasteiger partial charge in [-0.2, -0.15) is 0 Å². The zero-order valence-electron chi connectivity index (χ0n) is 13.0. The van der Waals surface area contributed by atoms with E-state index in [0.29, 0.717) is 18.4 Å². The summed E-state index contributed by atoms with van der Waals surface area (Å²) in [6.07, 6.45) is 5.13. The molecule has 0 unspecified atom stereocenters. The molecule has 2 fully saturated rings. The van der Waals surface area contributed by atoms with Gasteiger partial charge in [-0.1, -0.05) is 5.16 Å². The molecule has 0 atom stereocenters. The van der Waals surface area contributed by atoms with Gasteiger partial charge in [-0.3, -0.25) is 4.79 Å². The summed E-state index contributed by atoms with van der Waals surface area (Å²) < 4.78 is 5.17. The topological polar surface area (TPSA) is 58.4 Å². The van der Waals surface area contributed by atoms with Crippen molar-refractivity contribution < 1.29 is 9.32 Å². The molecule has 1 aliphatic carbocycles. The highest BCUT2D eigenvalue weighted by molar-refractivity contribution is 5.79. The summed E-state index contributed by atoms with van der Waals surface area (Å²) in [7, 11) is 0. The van der Waals surface area contributed by atoms with Crippen LogP contribution in [0.1, 0.15) is 42.7 Å². The van der Waals surface area contributed by atoms with Crippen molar-refractivity contribution in [1.29, 1.82) is 0 Å². The van der Waals surface area contributed by atoms with Gasteiger partial charge in [0.1, 0.15) is 5.76 Å². The van der Waals surface area contributed by atoms with Crippen LogP contribution in [0.25, 0.3) is 0 Å². The highest BCUT2D eigenvalue weighted by atomic mass is 16.5. The molecule has 1 N–H and O–H groups in total. The number of nitrogens with one attached hydrogen (secondary N) is 1. The largest absolute Gasteiger partial charge is 0.361 e. The monoisotopic (exact) mass is 291 g/mol. The molecule has 1 aromatic heterocycles. The molecule has 0 radical (unpaired) electrons. The lowest BCUT2D eigenvalue weighted by molar-refractivity contribution is -0.131. The SMILES string of the molecule is Cc1noc(C)c1CC(=O)N(CC1CCNCC1)C1CC1. The maximum Gasteiger partial charge on any atom is 0.227 e. The lowest BCUT2D eigenvalue weighted by atomic mass is 9.97. The molecule has 0 spiro atoms. The van der Waals surface area contributed by atoms with Gasteiger partial charge in [-0.25, -0.2) is 0 Å². The fourth-order valence-corrected chi connectivity index (χ4v) is 3.19. The Morgan fingerprint density at radius 1 is 1.29 bits per heavy atom. The van der Waals surface area contributed by atoms with Gasteiger partial charge in [0.25, 0.3) is 0 Å². The second kappa shape index (κ2) is 6.18. The molecule has 2 heterocycles. The van der Waals surface area contributed by atoms with Gasteiger partial charge in [0, 0.05) is 18.2 Å². The Kier molecular flexibility index (Phi) is 4.29. The van der Waals surface area contributed by atoms with Gasteiger partial charge in [0.15, 0.2) is 0 Å². The summed E-state index contributed by atoms with van der Waals surface area (Å²) in [4.78, 5) is 14.8. The fourth-order valence-electron chi connectivity index (χ4n) is 3.19. The number of rotatable bonds is 5. The van der Waals surface area contributed by atoms with E-state index in [2.05, 4.69) is 15.4 Å². The Hall–Kier alpha value is -1.36. The predicted molar refractivity (Wildman–Crippen MR) is 80.0 cm³/mol. The summed E-state index contributed by atoms with van der Waals surface area (Å²) in [5.74, 6) is 1.67. The van der Waals surface area contributed by atoms with Crippen LogP contribution in [-0.4, -0.2) is 41.6 Å². The van der Waals surface area contributed by atoms with Crippen molar-refractivity contribution in [1.82, 2.24) is 15.4 Å². The molecule has 1 amide bonds. The average Bonchev–Trinajstić information content (AvgIpc) is 3.28. The minimum absolute atomic E-state index is 0.241. The van der Waals surface area contributed by atoms with E-state index in [9.17, 15) is 4.79 Å². The zero-order valence-corrected chi connectivity index (χ0v) is 13.0. The first-order valence-corrected chi connectivity index (χ1v) is 8.07. The second-order valence-corrected chi connectivity index (χ2v) is 6.45. The van der Waals surface area contributed by atoms with E-state index in [1.54, 1.807) is 0 Å². The van der Waals surface area contributed by atoms with E-state index in [-0.39, 0.29) is 5.91 Å². The van der Waals surface area contributed by atoms with Gasteiger partial charge in [-0.15, -0.1) is 0 Å². The number of amides is 1. The van der Waals surface area contributed by atoms with E-state index in [4.69, 9.17) is 4.52 Å². The van der Waals surface area contributed by atoms with Crippen molar-refractivity contribution >= 4 is 5.91 Å². The van der Waals surface area contributed by atoms with Crippen molar-refractivity contribution in [3.63, 3.8) is 0 Å². The van der Waals surface area contributed by atoms with Crippen molar-refractivity contribution in [2.45, 2.75) is 52.0 Å². The first-order valence-electron chi connectivity index (χ1n) is 8.07. The minimum atomic E-state index is 0.241. The summed E-state index contributed by atoms with van der Waals surface area (Å²) >= 11 is 0. The Morgan fingerprint density at radius 3 is 2.57 bits per heavy atom. The molecule has 0 bridgehead atoms. The summed E-state index contributed by atoms with van der Waals surface area (Å²) in [6, 6.07) is 0.479. The maximum absolute atomic E-state index is 12.7. The summed E-state index contributed by atoms with van der Waals surface area (Å²) in [6.45, 7) is 6.89. The van der Waals surface area contributed by atoms with E-state index in [1.807, 2.05) is 13.8 Å². The van der Waals surface area contributed by atoms with E-state index < -0.39 is 0 Å². The number of carbonyl (C=O) groups excluding carboxylic acids is 1. The summed E-state index contributed by atoms with van der Waals surface area (Å²) in [5.41, 5.74) is 1.81. The van der Waals surface area contributed by atoms with Crippen LogP contribution in [0.4, 0.5) is 0 Å². The third-order valence-electron chi connectivity index (χ3n) is 4.73. The van der Waals surface area contributed by atoms with Crippen LogP contribution >= 0.6 is 0 Å². The van der Waals surface area contributed by atoms with Crippen LogP contribution < -0.4 is 5.32 Å². The summed E-state index contributed by atoms with van der Waals surface area (Å²) in [5, 5.41) is 7.34. The third kappa shape index (κ3) is 3.46. The number of carbonyl (C=O) groups is 1. The van der Waals surface area contributed by atoms with E-state index >= 15 is 0 Å². The molecule has 5 nitrogen and oxygen atoms in total. The molecule has 21 heavy (non-hydrogen) atoms. The molecule has 1 saturated carbocycles. The highest BCUT2D eigenvalue weighted by Crippen LogP contribution is 2.30. The molecule has 2 aliphatic rings. The van der Waals surface area contributed by atoms with E-state index in [1.165, 1.54) is 12.8 Å². The number of aromatic nitrogens is 1. The minimum Gasteiger partial charge on any atom is -0.361 e. The first-order chi connectivity index (χ1) is 10.1. The number of aryl methyl sites for hydroxylation is 2. The van der Waals surface area contributed by atoms with Gasteiger partial charge in [-0.05, 0) is 58.5 Å². The Morgan fingerprint density at radius 2 is 2.00 bits per heavy atom. The molecular weight excluding hydrogens is 266 g/mol. The van der Waals surface area contributed by atoms with Gasteiger partial charge < -0.3 is 14.7 Å². The van der Waals surface area contributed by atoms with Crippen molar-refractivity contribution in [2.75, 3.05) is 19.6 Å². The molecular formula is C16H25N3O2. The maximum atomic E-state index is 12.7. The standard InChI is InChI=1S/C16H25N3O2/c1-11-15(12(2)21-18-11)9-16(20)19(14-3-4-14)10-13-5-7-17-8-6-13/h13-14,17H,3-10H2,1-2H3. The van der Waals surface area contributed by atoms with Gasteiger partial charge in [0.2, 0.25) is 5.91 Å². The zero-order chi connectivity index (χ0) is 14.8. The Labute approximate surface area is 126 Å². The van der Waals surface area contributed by atoms with E-state index in [0.717, 1.165) is 49.5 Å². The Balaban J connectivity index is 1.64. The van der Waals surface area contributed by atoms with Crippen LogP contribution in [0.3, 0.4) is 0 Å². The molecule has 1 aliphatic heterocycles. The number of hydrogen-bond donors (Lipinski definition) is 1. The molecule has 0 aromatic carbocycles. The first kappa shape index (κ1) is 14.6. The van der Waals surface area contributed by atoms with Crippen LogP contribution in [-0.2, 0) is 11.2 Å². The normalized spacial score (nSPS) is 19.7. The molecule has 3 rings (SSSR count). The number of piperidine rings is 1. The molecule has 1 saturated heterocycles. The van der Waals surface area contributed by atoms with Crippen molar-refractivity contribution in [2.24, 2.45) is 5.92 Å². The van der Waals surface area contributed by atoms with Crippen LogP contribution in [0.15, 0.2) is 4.52 Å². The second-order valence-electron chi connectivity index (χ2n) is 6.45. The number of hydrogen-bond acceptors (Lipinski definition) is 4. The predicted octanol–water partition coefficient (Wildman–Crippen LogP) is 1.82. The van der Waals surface area contributed by atoms with Crippen LogP contribution in [0.2, 0.25) is 0 Å². The van der Waals surface area contributed by atoms with Crippen LogP contribution in [0.5, 0.6) is 0 Å². The van der Waals surface area contributed by atoms with Gasteiger partial charge in [0.05, 0.1) is 12.1 Å². The average molecular weight is 291 g/mol. The van der Waals surface area contributed by atoms with Crippen LogP contribution in [0, 0.1) is 19.8 Å². The molecule has 5 heteroatoms. The third-order valence-corrected chi connectivity index (χ3v) is 4.73. The van der Waals surface area contributed by atoms with Crippen molar-refractivity contribution in [3.05, 3.63) is 17.0 Å². The Bertz CT molecular complexity index is 482. The lowest BCUT2D eigenvalue weighted by Gasteiger charge is -2.30. The smallest absolute Gasteiger partial charge is 0.227 e. The van der Waals surface area contributed by atoms with Gasteiger partial charge >= 0.3 is 0 Å². The highest BCUT2D eigenvalue weighted by Gasteiger charge is 2.34. The fraction of sp³-hybridized carbons (Fsp3) is 0.750. The number of nitrogens with zero attached hydrogens (tertiary/aromatic N) is 2. The quantitative estimate of drug-likeness (QED) is 0.899. The van der Waals surface area contributed by atoms with Crippen molar-refractivity contribution in [3.8, 4) is 0 Å². The lowest BCUT2D eigenvalue weighted by Crippen LogP contribution is -2.41.